The number of halogens is 3. The molecule has 50 heavy (non-hydrogen) atoms. The lowest BCUT2D eigenvalue weighted by Crippen LogP contribution is -2.43. The molecule has 260 valence electrons. The molecular weight excluding hydrogens is 647 g/mol. The molecule has 8 rings (SSSR count). The fraction of sp³-hybridized carbons (Fsp3) is 0.459. The summed E-state index contributed by atoms with van der Waals surface area (Å²) in [5.74, 6) is 0.768. The summed E-state index contributed by atoms with van der Waals surface area (Å²) in [5.41, 5.74) is -1.31. The van der Waals surface area contributed by atoms with Crippen molar-refractivity contribution in [2.75, 3.05) is 58.3 Å². The first-order valence-electron chi connectivity index (χ1n) is 17.1. The lowest BCUT2D eigenvalue weighted by Gasteiger charge is -2.31. The van der Waals surface area contributed by atoms with Gasteiger partial charge in [-0.15, -0.1) is 6.42 Å². The summed E-state index contributed by atoms with van der Waals surface area (Å²) < 4.78 is 53.3. The number of aromatic hydroxyl groups is 1. The highest BCUT2D eigenvalue weighted by atomic mass is 19.1. The molecule has 4 atom stereocenters. The minimum absolute atomic E-state index is 0.000927. The van der Waals surface area contributed by atoms with Crippen LogP contribution in [-0.4, -0.2) is 107 Å². The minimum atomic E-state index is -0.965. The number of carbonyl (C=O) groups is 1. The molecule has 4 fully saturated rings. The second kappa shape index (κ2) is 12.3. The Morgan fingerprint density at radius 3 is 2.82 bits per heavy atom. The number of anilines is 1. The number of benzene rings is 2. The fourth-order valence-electron chi connectivity index (χ4n) is 8.52. The first-order valence-corrected chi connectivity index (χ1v) is 17.1. The molecule has 0 saturated carbocycles. The van der Waals surface area contributed by atoms with Crippen LogP contribution in [0, 0.1) is 29.9 Å². The molecule has 2 aromatic carbocycles. The number of hydrogen-bond donors (Lipinski definition) is 2. The normalized spacial score (nSPS) is 24.8. The van der Waals surface area contributed by atoms with E-state index in [1.165, 1.54) is 29.2 Å². The zero-order chi connectivity index (χ0) is 34.9. The Morgan fingerprint density at radius 2 is 2.02 bits per heavy atom. The molecule has 13 heteroatoms. The smallest absolute Gasteiger partial charge is 0.319 e. The highest BCUT2D eigenvalue weighted by molar-refractivity contribution is 6.11. The number of rotatable bonds is 6. The number of pyridine rings is 1. The van der Waals surface area contributed by atoms with Crippen molar-refractivity contribution in [3.63, 3.8) is 0 Å². The second-order valence-corrected chi connectivity index (χ2v) is 14.3. The average molecular weight is 686 g/mol. The predicted molar refractivity (Wildman–Crippen MR) is 183 cm³/mol. The number of nitrogens with one attached hydrogen (secondary N) is 1. The van der Waals surface area contributed by atoms with Gasteiger partial charge in [0.25, 0.3) is 5.91 Å². The van der Waals surface area contributed by atoms with E-state index < -0.39 is 29.3 Å². The lowest BCUT2D eigenvalue weighted by molar-refractivity contribution is 0.0824. The average Bonchev–Trinajstić information content (AvgIpc) is 3.73. The summed E-state index contributed by atoms with van der Waals surface area (Å²) in [6, 6.07) is 5.33. The zero-order valence-corrected chi connectivity index (χ0v) is 28.0. The summed E-state index contributed by atoms with van der Waals surface area (Å²) in [5, 5.41) is 14.9. The Labute approximate surface area is 287 Å². The number of alkyl halides is 1. The SMILES string of the molecule is C#Cc1c(F)ccc2cc(O)cc(-c3nc(C(=O)N(C)C)c4c(N5CCC6CNC(C6)C5)nc(OC[C@@]56CCCN5C[C@H](F)C6)nc4c3F)c12. The Hall–Kier alpha value is -4.67. The van der Waals surface area contributed by atoms with Gasteiger partial charge in [0.1, 0.15) is 47.1 Å². The maximum atomic E-state index is 17.3. The van der Waals surface area contributed by atoms with Gasteiger partial charge in [0.15, 0.2) is 5.82 Å². The van der Waals surface area contributed by atoms with Crippen molar-refractivity contribution in [2.45, 2.75) is 49.9 Å². The number of fused-ring (bicyclic) bond motifs is 5. The van der Waals surface area contributed by atoms with E-state index in [-0.39, 0.29) is 63.2 Å². The first-order chi connectivity index (χ1) is 24.0. The van der Waals surface area contributed by atoms with Crippen LogP contribution in [0.3, 0.4) is 0 Å². The van der Waals surface area contributed by atoms with Crippen LogP contribution in [0.4, 0.5) is 19.0 Å². The van der Waals surface area contributed by atoms with Crippen molar-refractivity contribution in [1.29, 1.82) is 0 Å². The number of phenols is 1. The van der Waals surface area contributed by atoms with Crippen molar-refractivity contribution in [3.8, 4) is 35.4 Å². The van der Waals surface area contributed by atoms with Gasteiger partial charge in [0, 0.05) is 57.1 Å². The molecule has 0 aliphatic carbocycles. The van der Waals surface area contributed by atoms with E-state index in [1.54, 1.807) is 14.1 Å². The first kappa shape index (κ1) is 32.5. The quantitative estimate of drug-likeness (QED) is 0.281. The highest BCUT2D eigenvalue weighted by Gasteiger charge is 2.49. The Bertz CT molecular complexity index is 2090. The van der Waals surface area contributed by atoms with Crippen LogP contribution in [0.2, 0.25) is 0 Å². The molecule has 2 aromatic heterocycles. The van der Waals surface area contributed by atoms with Gasteiger partial charge in [-0.25, -0.2) is 18.2 Å². The third-order valence-corrected chi connectivity index (χ3v) is 10.9. The molecule has 2 bridgehead atoms. The number of terminal acetylenes is 1. The molecule has 0 spiro atoms. The molecule has 1 amide bonds. The van der Waals surface area contributed by atoms with Gasteiger partial charge in [-0.2, -0.15) is 9.97 Å². The van der Waals surface area contributed by atoms with E-state index in [9.17, 15) is 14.3 Å². The number of ether oxygens (including phenoxy) is 1. The summed E-state index contributed by atoms with van der Waals surface area (Å²) in [6.07, 6.45) is 8.63. The van der Waals surface area contributed by atoms with Crippen LogP contribution < -0.4 is 15.0 Å². The fourth-order valence-corrected chi connectivity index (χ4v) is 8.52. The van der Waals surface area contributed by atoms with E-state index in [4.69, 9.17) is 16.1 Å². The van der Waals surface area contributed by atoms with Gasteiger partial charge in [0.2, 0.25) is 0 Å². The van der Waals surface area contributed by atoms with E-state index >= 15 is 8.78 Å². The molecule has 10 nitrogen and oxygen atoms in total. The number of phenolic OH excluding ortho intramolecular Hbond substituents is 1. The Balaban J connectivity index is 1.37. The number of nitrogens with zero attached hydrogens (tertiary/aromatic N) is 6. The number of hydrogen-bond acceptors (Lipinski definition) is 9. The van der Waals surface area contributed by atoms with Crippen LogP contribution >= 0.6 is 0 Å². The van der Waals surface area contributed by atoms with Crippen LogP contribution in [0.5, 0.6) is 11.8 Å². The van der Waals surface area contributed by atoms with E-state index in [2.05, 4.69) is 26.1 Å². The van der Waals surface area contributed by atoms with E-state index in [1.807, 2.05) is 4.90 Å². The lowest BCUT2D eigenvalue weighted by atomic mass is 9.95. The van der Waals surface area contributed by atoms with Crippen molar-refractivity contribution >= 4 is 33.4 Å². The van der Waals surface area contributed by atoms with Gasteiger partial charge in [-0.1, -0.05) is 12.0 Å². The molecular formula is C37H38F3N7O3. The van der Waals surface area contributed by atoms with Gasteiger partial charge >= 0.3 is 6.01 Å². The molecule has 4 saturated heterocycles. The van der Waals surface area contributed by atoms with Crippen molar-refractivity contribution in [1.82, 2.24) is 30.1 Å². The number of amides is 1. The van der Waals surface area contributed by atoms with E-state index in [0.29, 0.717) is 43.2 Å². The van der Waals surface area contributed by atoms with E-state index in [0.717, 1.165) is 38.8 Å². The Kier molecular flexibility index (Phi) is 7.99. The second-order valence-electron chi connectivity index (χ2n) is 14.3. The molecule has 4 aliphatic rings. The molecule has 4 aliphatic heterocycles. The largest absolute Gasteiger partial charge is 0.508 e. The van der Waals surface area contributed by atoms with Crippen LogP contribution in [-0.2, 0) is 0 Å². The number of aromatic nitrogens is 3. The summed E-state index contributed by atoms with van der Waals surface area (Å²) in [4.78, 5) is 33.5. The van der Waals surface area contributed by atoms with Gasteiger partial charge in [-0.3, -0.25) is 9.69 Å². The molecule has 4 aromatic rings. The molecule has 2 N–H and O–H groups in total. The highest BCUT2D eigenvalue weighted by Crippen LogP contribution is 2.43. The van der Waals surface area contributed by atoms with Crippen LogP contribution in [0.15, 0.2) is 24.3 Å². The summed E-state index contributed by atoms with van der Waals surface area (Å²) in [6.45, 7) is 3.33. The predicted octanol–water partition coefficient (Wildman–Crippen LogP) is 4.66. The third-order valence-electron chi connectivity index (χ3n) is 10.9. The standard InChI is InChI=1S/C37H38F3N7O3/c1-4-25-27(39)7-6-21-13-24(48)14-26(28(21)25)31-30(40)32-29(33(42-31)35(49)45(2)3)34(46-11-8-20-12-23(18-46)41-16-20)44-36(43-32)50-19-37-9-5-10-47(37)17-22(38)15-37/h1,6-7,13-14,20,22-23,41,48H,5,8-12,15-19H2,2-3H3/t20?,22-,23?,37+/m1/s1. The van der Waals surface area contributed by atoms with Gasteiger partial charge in [-0.05, 0) is 68.3 Å². The topological polar surface area (TPSA) is 107 Å². The monoisotopic (exact) mass is 685 g/mol. The third kappa shape index (κ3) is 5.36. The van der Waals surface area contributed by atoms with Crippen LogP contribution in [0.25, 0.3) is 32.9 Å². The molecule has 6 heterocycles. The summed E-state index contributed by atoms with van der Waals surface area (Å²) in [7, 11) is 3.13. The minimum Gasteiger partial charge on any atom is -0.508 e. The Morgan fingerprint density at radius 1 is 1.18 bits per heavy atom. The maximum Gasteiger partial charge on any atom is 0.319 e. The van der Waals surface area contributed by atoms with Crippen molar-refractivity contribution in [2.24, 2.45) is 5.92 Å². The maximum absolute atomic E-state index is 17.3. The summed E-state index contributed by atoms with van der Waals surface area (Å²) >= 11 is 0. The molecule has 0 radical (unpaired) electrons. The van der Waals surface area contributed by atoms with Gasteiger partial charge < -0.3 is 25.0 Å². The van der Waals surface area contributed by atoms with Crippen LogP contribution in [0.1, 0.15) is 48.2 Å². The zero-order valence-electron chi connectivity index (χ0n) is 28.0. The number of carbonyl (C=O) groups excluding carboxylic acids is 1. The van der Waals surface area contributed by atoms with Crippen molar-refractivity contribution < 1.29 is 27.8 Å². The molecule has 2 unspecified atom stereocenters. The van der Waals surface area contributed by atoms with Gasteiger partial charge in [0.05, 0.1) is 16.5 Å². The van der Waals surface area contributed by atoms with Crippen molar-refractivity contribution in [3.05, 3.63) is 47.2 Å².